The van der Waals surface area contributed by atoms with E-state index in [1.54, 1.807) is 0 Å². The maximum absolute atomic E-state index is 6.82. The van der Waals surface area contributed by atoms with Crippen molar-refractivity contribution in [2.45, 2.75) is 96.8 Å². The Bertz CT molecular complexity index is 4030. The van der Waals surface area contributed by atoms with Crippen LogP contribution in [-0.2, 0) is 21.7 Å². The average molecular weight is 898 g/mol. The number of benzene rings is 8. The van der Waals surface area contributed by atoms with Crippen molar-refractivity contribution in [3.63, 3.8) is 0 Å². The fourth-order valence-corrected chi connectivity index (χ4v) is 14.0. The molecule has 3 aliphatic rings. The van der Waals surface area contributed by atoms with E-state index in [4.69, 9.17) is 4.42 Å². The lowest BCUT2D eigenvalue weighted by Crippen LogP contribution is -2.38. The second-order valence-corrected chi connectivity index (χ2v) is 24.1. The van der Waals surface area contributed by atoms with Gasteiger partial charge >= 0.3 is 0 Å². The number of anilines is 2. The van der Waals surface area contributed by atoms with Crippen LogP contribution in [0.3, 0.4) is 0 Å². The summed E-state index contributed by atoms with van der Waals surface area (Å²) in [5.41, 5.74) is 22.4. The van der Waals surface area contributed by atoms with Gasteiger partial charge in [-0.2, -0.15) is 0 Å². The number of fused-ring (bicyclic) bond motifs is 16. The second kappa shape index (κ2) is 13.4. The maximum Gasteiger partial charge on any atom is 0.197 e. The Morgan fingerprint density at radius 1 is 0.603 bits per heavy atom. The van der Waals surface area contributed by atoms with Crippen LogP contribution in [-0.4, -0.2) is 11.8 Å². The monoisotopic (exact) mass is 897 g/mol. The molecular formula is C63H54BN2OS. The van der Waals surface area contributed by atoms with E-state index in [1.165, 1.54) is 110 Å². The summed E-state index contributed by atoms with van der Waals surface area (Å²) < 4.78 is 12.1. The molecule has 0 amide bonds. The van der Waals surface area contributed by atoms with E-state index in [1.807, 2.05) is 11.3 Å². The highest BCUT2D eigenvalue weighted by atomic mass is 32.1. The quantitative estimate of drug-likeness (QED) is 0.179. The van der Waals surface area contributed by atoms with Gasteiger partial charge in [0.25, 0.3) is 0 Å². The molecular weight excluding hydrogens is 844 g/mol. The molecule has 11 aromatic rings. The largest absolute Gasteiger partial charge is 0.456 e. The first-order chi connectivity index (χ1) is 32.6. The van der Waals surface area contributed by atoms with Crippen LogP contribution in [0.4, 0.5) is 11.4 Å². The molecule has 14 rings (SSSR count). The van der Waals surface area contributed by atoms with Gasteiger partial charge in [-0.1, -0.05) is 147 Å². The molecule has 8 aromatic carbocycles. The smallest absolute Gasteiger partial charge is 0.197 e. The molecule has 1 radical (unpaired) electrons. The van der Waals surface area contributed by atoms with Gasteiger partial charge in [0.1, 0.15) is 11.2 Å². The Kier molecular flexibility index (Phi) is 7.96. The molecule has 3 nitrogen and oxygen atoms in total. The van der Waals surface area contributed by atoms with Gasteiger partial charge in [0, 0.05) is 69.8 Å². The Labute approximate surface area is 403 Å². The maximum atomic E-state index is 6.82. The first kappa shape index (κ1) is 40.5. The van der Waals surface area contributed by atoms with Crippen LogP contribution in [0.2, 0.25) is 0 Å². The molecule has 1 aliphatic heterocycles. The van der Waals surface area contributed by atoms with Crippen molar-refractivity contribution in [2.24, 2.45) is 0 Å². The number of rotatable bonds is 3. The van der Waals surface area contributed by atoms with Crippen LogP contribution >= 0.6 is 11.3 Å². The van der Waals surface area contributed by atoms with E-state index in [0.29, 0.717) is 0 Å². The number of hydrogen-bond donors (Lipinski definition) is 1. The molecule has 0 atom stereocenters. The number of furan rings is 1. The lowest BCUT2D eigenvalue weighted by atomic mass is 9.57. The van der Waals surface area contributed by atoms with Crippen molar-refractivity contribution in [2.75, 3.05) is 5.32 Å². The van der Waals surface area contributed by atoms with Crippen molar-refractivity contribution in [3.05, 3.63) is 161 Å². The van der Waals surface area contributed by atoms with E-state index in [0.717, 1.165) is 45.3 Å². The van der Waals surface area contributed by atoms with Gasteiger partial charge in [-0.15, -0.1) is 11.3 Å². The fourth-order valence-electron chi connectivity index (χ4n) is 12.7. The van der Waals surface area contributed by atoms with Crippen molar-refractivity contribution in [1.29, 1.82) is 0 Å². The van der Waals surface area contributed by atoms with Crippen molar-refractivity contribution < 1.29 is 4.42 Å². The van der Waals surface area contributed by atoms with Gasteiger partial charge in [-0.05, 0) is 134 Å². The predicted molar refractivity (Wildman–Crippen MR) is 293 cm³/mol. The molecule has 0 saturated heterocycles. The SMILES string of the molecule is CC(C)(C)c1ccc(Nc2cc3c(cc2-c2c4c5c(c6cc7c(cc6n5-c5cc6c(cc5[B]4)C(C)(C)c4ccccc4-6)C(C)(C)CCC7(C)C)c4sc5ccccc5c24)oc2ccccc23)cc1. The third-order valence-electron chi connectivity index (χ3n) is 16.6. The molecule has 0 unspecified atom stereocenters. The van der Waals surface area contributed by atoms with Gasteiger partial charge in [0.15, 0.2) is 7.28 Å². The molecule has 0 spiro atoms. The highest BCUT2D eigenvalue weighted by molar-refractivity contribution is 7.27. The number of aromatic nitrogens is 1. The van der Waals surface area contributed by atoms with E-state index in [2.05, 4.69) is 213 Å². The molecule has 0 fully saturated rings. The third-order valence-corrected chi connectivity index (χ3v) is 17.8. The third kappa shape index (κ3) is 5.43. The Morgan fingerprint density at radius 2 is 1.31 bits per heavy atom. The van der Waals surface area contributed by atoms with Gasteiger partial charge in [-0.3, -0.25) is 0 Å². The zero-order chi connectivity index (χ0) is 46.4. The van der Waals surface area contributed by atoms with E-state index in [9.17, 15) is 0 Å². The van der Waals surface area contributed by atoms with E-state index >= 15 is 0 Å². The molecule has 3 aromatic heterocycles. The predicted octanol–water partition coefficient (Wildman–Crippen LogP) is 16.4. The van der Waals surface area contributed by atoms with Gasteiger partial charge in [-0.25, -0.2) is 0 Å². The highest BCUT2D eigenvalue weighted by Crippen LogP contribution is 2.55. The molecule has 1 N–H and O–H groups in total. The summed E-state index contributed by atoms with van der Waals surface area (Å²) in [7, 11) is 2.55. The summed E-state index contributed by atoms with van der Waals surface area (Å²) in [5.74, 6) is 0. The topological polar surface area (TPSA) is 30.1 Å². The lowest BCUT2D eigenvalue weighted by Gasteiger charge is -2.42. The van der Waals surface area contributed by atoms with Crippen molar-refractivity contribution in [3.8, 4) is 27.9 Å². The molecule has 5 heteroatoms. The minimum absolute atomic E-state index is 0.0505. The van der Waals surface area contributed by atoms with Gasteiger partial charge in [0.2, 0.25) is 0 Å². The number of nitrogens with one attached hydrogen (secondary N) is 1. The van der Waals surface area contributed by atoms with Crippen LogP contribution in [0.25, 0.3) is 91.9 Å². The molecule has 0 bridgehead atoms. The molecule has 331 valence electrons. The van der Waals surface area contributed by atoms with Gasteiger partial charge < -0.3 is 14.3 Å². The van der Waals surface area contributed by atoms with Crippen LogP contribution in [0.5, 0.6) is 0 Å². The normalized spacial score (nSPS) is 16.4. The number of hydrogen-bond acceptors (Lipinski definition) is 3. The van der Waals surface area contributed by atoms with Gasteiger partial charge in [0.05, 0.1) is 11.0 Å². The number of thiophene rings is 1. The standard InChI is InChI=1S/C63H54BN2OS/c1-60(2,3)34-22-24-35(25-23-34)65-48-29-40-37-17-11-14-20-51(37)67-52(40)31-41(48)54-55-38-18-12-15-21-53(38)68-59(55)56-42-28-45-46(62(6,7)27-26-61(45,4)5)33-49(42)66-50-30-39-36-16-10-13-19-43(36)63(8,9)44(39)32-47(50)64-57(54)58(56)66/h10-25,28-33,65H,26-27H2,1-9H3. The lowest BCUT2D eigenvalue weighted by molar-refractivity contribution is 0.332. The van der Waals surface area contributed by atoms with Crippen LogP contribution in [0.15, 0.2) is 138 Å². The Balaban J connectivity index is 1.16. The summed E-state index contributed by atoms with van der Waals surface area (Å²) in [6.07, 6.45) is 2.33. The van der Waals surface area contributed by atoms with Crippen molar-refractivity contribution >= 4 is 105 Å². The van der Waals surface area contributed by atoms with Crippen molar-refractivity contribution in [1.82, 2.24) is 4.57 Å². The zero-order valence-corrected chi connectivity index (χ0v) is 41.3. The first-order valence-electron chi connectivity index (χ1n) is 24.5. The van der Waals surface area contributed by atoms with Crippen LogP contribution in [0, 0.1) is 0 Å². The molecule has 68 heavy (non-hydrogen) atoms. The molecule has 2 aliphatic carbocycles. The summed E-state index contributed by atoms with van der Waals surface area (Å²) in [4.78, 5) is 0. The highest BCUT2D eigenvalue weighted by Gasteiger charge is 2.41. The molecule has 4 heterocycles. The molecule has 0 saturated carbocycles. The van der Waals surface area contributed by atoms with E-state index in [-0.39, 0.29) is 21.7 Å². The summed E-state index contributed by atoms with van der Waals surface area (Å²) in [6, 6.07) is 50.7. The number of nitrogens with zero attached hydrogens (tertiary/aromatic N) is 1. The minimum Gasteiger partial charge on any atom is -0.456 e. The minimum atomic E-state index is -0.139. The first-order valence-corrected chi connectivity index (χ1v) is 25.4. The average Bonchev–Trinajstić information content (AvgIpc) is 4.04. The van der Waals surface area contributed by atoms with Crippen LogP contribution < -0.4 is 16.2 Å². The Morgan fingerprint density at radius 3 is 2.09 bits per heavy atom. The fraction of sp³-hybridized carbons (Fsp3) is 0.238. The van der Waals surface area contributed by atoms with E-state index < -0.39 is 0 Å². The summed E-state index contributed by atoms with van der Waals surface area (Å²) >= 11 is 1.95. The number of para-hydroxylation sites is 1. The second-order valence-electron chi connectivity index (χ2n) is 23.0. The summed E-state index contributed by atoms with van der Waals surface area (Å²) in [6.45, 7) is 21.5. The summed E-state index contributed by atoms with van der Waals surface area (Å²) in [5, 5.41) is 11.6. The zero-order valence-electron chi connectivity index (χ0n) is 40.5. The Hall–Kier alpha value is -6.56. The van der Waals surface area contributed by atoms with Crippen LogP contribution in [0.1, 0.15) is 103 Å².